The summed E-state index contributed by atoms with van der Waals surface area (Å²) in [5.41, 5.74) is 8.59. The van der Waals surface area contributed by atoms with Crippen LogP contribution in [-0.4, -0.2) is 16.5 Å². The van der Waals surface area contributed by atoms with Crippen molar-refractivity contribution in [3.8, 4) is 0 Å². The van der Waals surface area contributed by atoms with Crippen LogP contribution in [0.5, 0.6) is 0 Å². The van der Waals surface area contributed by atoms with E-state index in [9.17, 15) is 4.79 Å². The van der Waals surface area contributed by atoms with Crippen LogP contribution >= 0.6 is 11.6 Å². The fourth-order valence-corrected chi connectivity index (χ4v) is 2.20. The first-order valence-corrected chi connectivity index (χ1v) is 6.34. The molecule has 6 heteroatoms. The standard InChI is InChI=1S/C15H10ClN3O.Ni/c16-11-8-9(17)3-4-13(11)19-12-5-6-14(20)15-10(12)2-1-7-18-15;/h1-8H,17H2;. The summed E-state index contributed by atoms with van der Waals surface area (Å²) < 4.78 is 0. The van der Waals surface area contributed by atoms with E-state index in [0.717, 1.165) is 0 Å². The van der Waals surface area contributed by atoms with Crippen LogP contribution < -0.4 is 5.73 Å². The molecular formula is C15H10ClN3NiO. The number of anilines is 1. The number of allylic oxidation sites excluding steroid dienone is 2. The number of halogens is 1. The Bertz CT molecular complexity index is 771. The molecule has 3 rings (SSSR count). The molecule has 0 saturated carbocycles. The van der Waals surface area contributed by atoms with Crippen LogP contribution in [0.25, 0.3) is 0 Å². The van der Waals surface area contributed by atoms with E-state index in [1.165, 1.54) is 6.08 Å². The minimum absolute atomic E-state index is 0. The van der Waals surface area contributed by atoms with E-state index in [1.807, 2.05) is 6.07 Å². The molecule has 1 heterocycles. The van der Waals surface area contributed by atoms with Crippen LogP contribution in [0.1, 0.15) is 16.1 Å². The van der Waals surface area contributed by atoms with Crippen molar-refractivity contribution in [3.05, 3.63) is 65.0 Å². The number of carbonyl (C=O) groups is 1. The first-order valence-electron chi connectivity index (χ1n) is 5.96. The summed E-state index contributed by atoms with van der Waals surface area (Å²) in [6, 6.07) is 8.69. The van der Waals surface area contributed by atoms with Crippen molar-refractivity contribution in [1.82, 2.24) is 4.98 Å². The Balaban J connectivity index is 0.00000161. The molecule has 0 fully saturated rings. The summed E-state index contributed by atoms with van der Waals surface area (Å²) in [6.07, 6.45) is 4.71. The zero-order valence-electron chi connectivity index (χ0n) is 10.7. The molecule has 0 unspecified atom stereocenters. The van der Waals surface area contributed by atoms with E-state index in [0.29, 0.717) is 33.4 Å². The Morgan fingerprint density at radius 1 is 1.19 bits per heavy atom. The SMILES string of the molecule is Nc1ccc(N=C2C=CC(=O)c3ncccc32)c(Cl)c1.[Ni]. The molecule has 1 aliphatic carbocycles. The molecule has 21 heavy (non-hydrogen) atoms. The third kappa shape index (κ3) is 3.04. The second-order valence-electron chi connectivity index (χ2n) is 4.31. The van der Waals surface area contributed by atoms with Gasteiger partial charge in [-0.3, -0.25) is 9.78 Å². The summed E-state index contributed by atoms with van der Waals surface area (Å²) in [4.78, 5) is 20.3. The number of ketones is 1. The molecule has 0 spiro atoms. The monoisotopic (exact) mass is 341 g/mol. The minimum atomic E-state index is -0.122. The summed E-state index contributed by atoms with van der Waals surface area (Å²) in [7, 11) is 0. The predicted octanol–water partition coefficient (Wildman–Crippen LogP) is 3.19. The average molecular weight is 342 g/mol. The number of nitrogens with two attached hydrogens (primary N) is 1. The van der Waals surface area contributed by atoms with Gasteiger partial charge in [0.2, 0.25) is 5.78 Å². The van der Waals surface area contributed by atoms with Crippen LogP contribution in [0.2, 0.25) is 5.02 Å². The molecule has 0 aliphatic heterocycles. The number of benzene rings is 1. The molecule has 1 aromatic carbocycles. The van der Waals surface area contributed by atoms with Gasteiger partial charge in [0.15, 0.2) is 0 Å². The van der Waals surface area contributed by atoms with Crippen LogP contribution in [-0.2, 0) is 16.5 Å². The van der Waals surface area contributed by atoms with E-state index in [4.69, 9.17) is 17.3 Å². The van der Waals surface area contributed by atoms with Crippen molar-refractivity contribution in [2.45, 2.75) is 0 Å². The van der Waals surface area contributed by atoms with Gasteiger partial charge in [-0.1, -0.05) is 11.6 Å². The number of nitrogen functional groups attached to an aromatic ring is 1. The number of carbonyl (C=O) groups excluding carboxylic acids is 1. The maximum atomic E-state index is 11.7. The summed E-state index contributed by atoms with van der Waals surface area (Å²) in [5, 5.41) is 0.466. The Labute approximate surface area is 136 Å². The van der Waals surface area contributed by atoms with E-state index in [1.54, 1.807) is 36.5 Å². The van der Waals surface area contributed by atoms with Crippen molar-refractivity contribution in [1.29, 1.82) is 0 Å². The van der Waals surface area contributed by atoms with Gasteiger partial charge in [0, 0.05) is 33.9 Å². The number of aromatic nitrogens is 1. The molecule has 1 aromatic heterocycles. The first-order chi connectivity index (χ1) is 9.65. The van der Waals surface area contributed by atoms with Gasteiger partial charge in [-0.05, 0) is 42.5 Å². The van der Waals surface area contributed by atoms with Gasteiger partial charge in [0.25, 0.3) is 0 Å². The molecule has 0 saturated heterocycles. The average Bonchev–Trinajstić information content (AvgIpc) is 2.45. The molecule has 2 N–H and O–H groups in total. The predicted molar refractivity (Wildman–Crippen MR) is 79.8 cm³/mol. The van der Waals surface area contributed by atoms with Crippen LogP contribution in [0.15, 0.2) is 53.7 Å². The van der Waals surface area contributed by atoms with E-state index < -0.39 is 0 Å². The number of pyridine rings is 1. The van der Waals surface area contributed by atoms with Crippen LogP contribution in [0.3, 0.4) is 0 Å². The van der Waals surface area contributed by atoms with Crippen molar-refractivity contribution in [3.63, 3.8) is 0 Å². The molecule has 0 radical (unpaired) electrons. The molecule has 2 aromatic rings. The molecule has 0 amide bonds. The van der Waals surface area contributed by atoms with Gasteiger partial charge in [0.1, 0.15) is 5.69 Å². The van der Waals surface area contributed by atoms with Crippen LogP contribution in [0.4, 0.5) is 11.4 Å². The number of hydrogen-bond donors (Lipinski definition) is 1. The van der Waals surface area contributed by atoms with Gasteiger partial charge in [-0.2, -0.15) is 0 Å². The molecular weight excluding hydrogens is 332 g/mol. The van der Waals surface area contributed by atoms with Crippen molar-refractivity contribution in [2.24, 2.45) is 4.99 Å². The maximum absolute atomic E-state index is 11.7. The Hall–Kier alpha value is -1.97. The third-order valence-electron chi connectivity index (χ3n) is 2.92. The molecule has 0 bridgehead atoms. The van der Waals surface area contributed by atoms with Gasteiger partial charge < -0.3 is 5.73 Å². The quantitative estimate of drug-likeness (QED) is 0.639. The number of hydrogen-bond acceptors (Lipinski definition) is 4. The maximum Gasteiger partial charge on any atom is 0.204 e. The second kappa shape index (κ2) is 6.21. The molecule has 4 nitrogen and oxygen atoms in total. The van der Waals surface area contributed by atoms with Crippen molar-refractivity contribution in [2.75, 3.05) is 5.73 Å². The third-order valence-corrected chi connectivity index (χ3v) is 3.23. The minimum Gasteiger partial charge on any atom is -0.399 e. The summed E-state index contributed by atoms with van der Waals surface area (Å²) >= 11 is 6.11. The summed E-state index contributed by atoms with van der Waals surface area (Å²) in [5.74, 6) is -0.122. The van der Waals surface area contributed by atoms with Crippen LogP contribution in [0, 0.1) is 0 Å². The number of rotatable bonds is 1. The van der Waals surface area contributed by atoms with Gasteiger partial charge >= 0.3 is 0 Å². The van der Waals surface area contributed by atoms with Gasteiger partial charge in [-0.15, -0.1) is 0 Å². The largest absolute Gasteiger partial charge is 0.399 e. The Kier molecular flexibility index (Phi) is 4.56. The fourth-order valence-electron chi connectivity index (χ4n) is 1.97. The number of nitrogens with zero attached hydrogens (tertiary/aromatic N) is 2. The fraction of sp³-hybridized carbons (Fsp3) is 0. The van der Waals surface area contributed by atoms with Gasteiger partial charge in [0.05, 0.1) is 16.4 Å². The number of aliphatic imine (C=N–C) groups is 1. The zero-order valence-corrected chi connectivity index (χ0v) is 12.4. The van der Waals surface area contributed by atoms with Crippen molar-refractivity contribution >= 4 is 34.5 Å². The normalized spacial score (nSPS) is 14.7. The molecule has 0 atom stereocenters. The number of fused-ring (bicyclic) bond motifs is 1. The smallest absolute Gasteiger partial charge is 0.204 e. The summed E-state index contributed by atoms with van der Waals surface area (Å²) in [6.45, 7) is 0. The van der Waals surface area contributed by atoms with E-state index in [2.05, 4.69) is 9.98 Å². The Morgan fingerprint density at radius 2 is 2.00 bits per heavy atom. The topological polar surface area (TPSA) is 68.3 Å². The second-order valence-corrected chi connectivity index (χ2v) is 4.71. The first kappa shape index (κ1) is 15.4. The zero-order chi connectivity index (χ0) is 14.1. The van der Waals surface area contributed by atoms with Gasteiger partial charge in [-0.25, -0.2) is 4.99 Å². The van der Waals surface area contributed by atoms with E-state index >= 15 is 0 Å². The molecule has 1 aliphatic rings. The molecule has 108 valence electrons. The van der Waals surface area contributed by atoms with E-state index in [-0.39, 0.29) is 22.3 Å². The van der Waals surface area contributed by atoms with Crippen molar-refractivity contribution < 1.29 is 21.3 Å². The Morgan fingerprint density at radius 3 is 2.76 bits per heavy atom.